The fourth-order valence-corrected chi connectivity index (χ4v) is 2.76. The number of rotatable bonds is 4. The average molecular weight is 275 g/mol. The van der Waals surface area contributed by atoms with E-state index >= 15 is 0 Å². The Hall–Kier alpha value is -1.55. The van der Waals surface area contributed by atoms with Gasteiger partial charge in [-0.05, 0) is 32.4 Å². The van der Waals surface area contributed by atoms with Crippen LogP contribution in [-0.2, 0) is 4.79 Å². The molecular weight excluding hydrogens is 250 g/mol. The molecule has 1 N–H and O–H groups in total. The zero-order valence-electron chi connectivity index (χ0n) is 12.7. The molecule has 0 spiro atoms. The molecule has 1 aliphatic heterocycles. The normalized spacial score (nSPS) is 17.9. The minimum absolute atomic E-state index is 0.0334. The lowest BCUT2D eigenvalue weighted by Gasteiger charge is -2.39. The lowest BCUT2D eigenvalue weighted by atomic mass is 10.1. The third-order valence-electron chi connectivity index (χ3n) is 4.05. The van der Waals surface area contributed by atoms with Crippen LogP contribution in [0.5, 0.6) is 0 Å². The smallest absolute Gasteiger partial charge is 0.237 e. The number of aryl methyl sites for hydroxylation is 1. The quantitative estimate of drug-likeness (QED) is 0.907. The van der Waals surface area contributed by atoms with Gasteiger partial charge in [-0.15, -0.1) is 0 Å². The molecule has 0 aliphatic carbocycles. The van der Waals surface area contributed by atoms with Crippen molar-refractivity contribution in [3.63, 3.8) is 0 Å². The Labute approximate surface area is 121 Å². The minimum atomic E-state index is -0.0334. The first-order valence-corrected chi connectivity index (χ1v) is 7.45. The summed E-state index contributed by atoms with van der Waals surface area (Å²) in [6.45, 7) is 10.6. The molecule has 4 heteroatoms. The summed E-state index contributed by atoms with van der Waals surface area (Å²) in [7, 11) is 0. The van der Waals surface area contributed by atoms with Crippen LogP contribution in [0.15, 0.2) is 24.3 Å². The molecule has 1 aromatic carbocycles. The van der Waals surface area contributed by atoms with Crippen LogP contribution >= 0.6 is 0 Å². The molecule has 2 rings (SSSR count). The maximum atomic E-state index is 11.9. The van der Waals surface area contributed by atoms with E-state index in [1.165, 1.54) is 11.3 Å². The van der Waals surface area contributed by atoms with Crippen molar-refractivity contribution >= 4 is 11.6 Å². The number of benzene rings is 1. The van der Waals surface area contributed by atoms with E-state index in [0.29, 0.717) is 6.54 Å². The Morgan fingerprint density at radius 3 is 2.50 bits per heavy atom. The van der Waals surface area contributed by atoms with Crippen molar-refractivity contribution in [2.45, 2.75) is 26.8 Å². The van der Waals surface area contributed by atoms with Gasteiger partial charge in [0.2, 0.25) is 5.91 Å². The third kappa shape index (κ3) is 3.31. The second-order valence-corrected chi connectivity index (χ2v) is 5.38. The summed E-state index contributed by atoms with van der Waals surface area (Å²) in [5.74, 6) is 0.136. The van der Waals surface area contributed by atoms with E-state index in [0.717, 1.165) is 26.2 Å². The molecule has 1 fully saturated rings. The molecule has 1 saturated heterocycles. The third-order valence-corrected chi connectivity index (χ3v) is 4.05. The van der Waals surface area contributed by atoms with E-state index in [1.54, 1.807) is 0 Å². The van der Waals surface area contributed by atoms with E-state index in [1.807, 2.05) is 13.8 Å². The van der Waals surface area contributed by atoms with Gasteiger partial charge in [0.25, 0.3) is 0 Å². The highest BCUT2D eigenvalue weighted by molar-refractivity contribution is 5.81. The SMILES string of the molecule is CCNC(=O)[C@H](C)N1CCN(c2ccccc2C)CC1. The van der Waals surface area contributed by atoms with Crippen molar-refractivity contribution in [3.05, 3.63) is 29.8 Å². The van der Waals surface area contributed by atoms with Crippen molar-refractivity contribution < 1.29 is 4.79 Å². The van der Waals surface area contributed by atoms with Gasteiger partial charge in [-0.1, -0.05) is 18.2 Å². The second-order valence-electron chi connectivity index (χ2n) is 5.38. The van der Waals surface area contributed by atoms with Crippen LogP contribution < -0.4 is 10.2 Å². The lowest BCUT2D eigenvalue weighted by molar-refractivity contribution is -0.125. The molecule has 1 amide bonds. The van der Waals surface area contributed by atoms with Gasteiger partial charge >= 0.3 is 0 Å². The molecule has 110 valence electrons. The molecular formula is C16H25N3O. The summed E-state index contributed by atoms with van der Waals surface area (Å²) in [6, 6.07) is 8.46. The Morgan fingerprint density at radius 1 is 1.25 bits per heavy atom. The highest BCUT2D eigenvalue weighted by atomic mass is 16.2. The number of anilines is 1. The van der Waals surface area contributed by atoms with Gasteiger partial charge in [-0.2, -0.15) is 0 Å². The Morgan fingerprint density at radius 2 is 1.90 bits per heavy atom. The van der Waals surface area contributed by atoms with Gasteiger partial charge in [0.05, 0.1) is 6.04 Å². The van der Waals surface area contributed by atoms with Gasteiger partial charge in [0, 0.05) is 38.4 Å². The van der Waals surface area contributed by atoms with Crippen molar-refractivity contribution in [1.29, 1.82) is 0 Å². The van der Waals surface area contributed by atoms with Crippen LogP contribution in [0.2, 0.25) is 0 Å². The van der Waals surface area contributed by atoms with Crippen LogP contribution in [0.4, 0.5) is 5.69 Å². The fraction of sp³-hybridized carbons (Fsp3) is 0.562. The van der Waals surface area contributed by atoms with Crippen molar-refractivity contribution in [1.82, 2.24) is 10.2 Å². The molecule has 0 radical (unpaired) electrons. The topological polar surface area (TPSA) is 35.6 Å². The first-order chi connectivity index (χ1) is 9.63. The van der Waals surface area contributed by atoms with Crippen LogP contribution in [0.3, 0.4) is 0 Å². The highest BCUT2D eigenvalue weighted by Gasteiger charge is 2.25. The van der Waals surface area contributed by atoms with Gasteiger partial charge in [0.15, 0.2) is 0 Å². The van der Waals surface area contributed by atoms with E-state index in [9.17, 15) is 4.79 Å². The second kappa shape index (κ2) is 6.75. The van der Waals surface area contributed by atoms with E-state index in [4.69, 9.17) is 0 Å². The van der Waals surface area contributed by atoms with Gasteiger partial charge in [0.1, 0.15) is 0 Å². The Balaban J connectivity index is 1.92. The van der Waals surface area contributed by atoms with Crippen molar-refractivity contribution in [2.24, 2.45) is 0 Å². The molecule has 0 saturated carbocycles. The van der Waals surface area contributed by atoms with Crippen molar-refractivity contribution in [2.75, 3.05) is 37.6 Å². The van der Waals surface area contributed by atoms with Crippen LogP contribution in [0.1, 0.15) is 19.4 Å². The number of nitrogens with one attached hydrogen (secondary N) is 1. The summed E-state index contributed by atoms with van der Waals surface area (Å²) in [6.07, 6.45) is 0. The number of nitrogens with zero attached hydrogens (tertiary/aromatic N) is 2. The van der Waals surface area contributed by atoms with Crippen molar-refractivity contribution in [3.8, 4) is 0 Å². The maximum absolute atomic E-state index is 11.9. The number of carbonyl (C=O) groups is 1. The van der Waals surface area contributed by atoms with Crippen LogP contribution in [0, 0.1) is 6.92 Å². The molecule has 0 unspecified atom stereocenters. The molecule has 1 atom stereocenters. The number of para-hydroxylation sites is 1. The number of piperazine rings is 1. The van der Waals surface area contributed by atoms with Gasteiger partial charge in [-0.25, -0.2) is 0 Å². The van der Waals surface area contributed by atoms with Crippen LogP contribution in [0.25, 0.3) is 0 Å². The molecule has 1 aliphatic rings. The summed E-state index contributed by atoms with van der Waals surface area (Å²) in [5, 5.41) is 2.90. The molecule has 0 bridgehead atoms. The van der Waals surface area contributed by atoms with E-state index < -0.39 is 0 Å². The Bertz CT molecular complexity index is 453. The molecule has 0 aromatic heterocycles. The van der Waals surface area contributed by atoms with E-state index in [-0.39, 0.29) is 11.9 Å². The Kier molecular flexibility index (Phi) is 5.01. The summed E-state index contributed by atoms with van der Waals surface area (Å²) in [4.78, 5) is 16.6. The summed E-state index contributed by atoms with van der Waals surface area (Å²) in [5.41, 5.74) is 2.63. The fourth-order valence-electron chi connectivity index (χ4n) is 2.76. The first kappa shape index (κ1) is 14.9. The van der Waals surface area contributed by atoms with E-state index in [2.05, 4.69) is 46.3 Å². The molecule has 1 aromatic rings. The molecule has 20 heavy (non-hydrogen) atoms. The zero-order chi connectivity index (χ0) is 14.5. The lowest BCUT2D eigenvalue weighted by Crippen LogP contribution is -2.54. The number of carbonyl (C=O) groups excluding carboxylic acids is 1. The molecule has 1 heterocycles. The number of likely N-dealkylation sites (N-methyl/N-ethyl adjacent to an activating group) is 1. The summed E-state index contributed by atoms with van der Waals surface area (Å²) < 4.78 is 0. The predicted molar refractivity (Wildman–Crippen MR) is 83.1 cm³/mol. The number of amides is 1. The predicted octanol–water partition coefficient (Wildman–Crippen LogP) is 1.64. The number of hydrogen-bond acceptors (Lipinski definition) is 3. The monoisotopic (exact) mass is 275 g/mol. The number of hydrogen-bond donors (Lipinski definition) is 1. The average Bonchev–Trinajstić information content (AvgIpc) is 2.47. The largest absolute Gasteiger partial charge is 0.369 e. The minimum Gasteiger partial charge on any atom is -0.369 e. The maximum Gasteiger partial charge on any atom is 0.237 e. The standard InChI is InChI=1S/C16H25N3O/c1-4-17-16(20)14(3)18-9-11-19(12-10-18)15-8-6-5-7-13(15)2/h5-8,14H,4,9-12H2,1-3H3,(H,17,20)/t14-/m0/s1. The molecule has 4 nitrogen and oxygen atoms in total. The van der Waals surface area contributed by atoms with Gasteiger partial charge < -0.3 is 10.2 Å². The first-order valence-electron chi connectivity index (χ1n) is 7.45. The summed E-state index contributed by atoms with van der Waals surface area (Å²) >= 11 is 0. The highest BCUT2D eigenvalue weighted by Crippen LogP contribution is 2.21. The zero-order valence-corrected chi connectivity index (χ0v) is 12.7. The van der Waals surface area contributed by atoms with Crippen LogP contribution in [-0.4, -0.2) is 49.6 Å². The van der Waals surface area contributed by atoms with Gasteiger partial charge in [-0.3, -0.25) is 9.69 Å².